The molecule has 2 heterocycles. The van der Waals surface area contributed by atoms with Crippen molar-refractivity contribution < 1.29 is 12.8 Å². The maximum atomic E-state index is 12.0. The number of nitrogens with zero attached hydrogens (tertiary/aromatic N) is 3. The van der Waals surface area contributed by atoms with Gasteiger partial charge in [-0.05, 0) is 38.8 Å². The zero-order chi connectivity index (χ0) is 20.9. The molecule has 0 spiro atoms. The van der Waals surface area contributed by atoms with Crippen LogP contribution in [0.5, 0.6) is 0 Å². The first-order valence-electron chi connectivity index (χ1n) is 9.87. The molecule has 166 valence electrons. The predicted molar refractivity (Wildman–Crippen MR) is 129 cm³/mol. The first kappa shape index (κ1) is 24.6. The highest BCUT2D eigenvalue weighted by Gasteiger charge is 2.27. The summed E-state index contributed by atoms with van der Waals surface area (Å²) in [7, 11) is -1.39. The molecule has 30 heavy (non-hydrogen) atoms. The van der Waals surface area contributed by atoms with Crippen molar-refractivity contribution >= 4 is 40.0 Å². The van der Waals surface area contributed by atoms with Crippen molar-refractivity contribution in [1.29, 1.82) is 0 Å². The highest BCUT2D eigenvalue weighted by Crippen LogP contribution is 2.19. The molecule has 2 aromatic rings. The van der Waals surface area contributed by atoms with Crippen LogP contribution in [0.4, 0.5) is 0 Å². The van der Waals surface area contributed by atoms with Gasteiger partial charge in [0.05, 0.1) is 18.0 Å². The van der Waals surface area contributed by atoms with E-state index in [-0.39, 0.29) is 35.8 Å². The fourth-order valence-electron chi connectivity index (χ4n) is 3.24. The molecule has 8 nitrogen and oxygen atoms in total. The van der Waals surface area contributed by atoms with Crippen LogP contribution in [0.2, 0.25) is 0 Å². The number of piperidine rings is 1. The molecule has 1 aliphatic rings. The van der Waals surface area contributed by atoms with Crippen molar-refractivity contribution in [2.75, 3.05) is 25.9 Å². The monoisotopic (exact) mass is 547 g/mol. The van der Waals surface area contributed by atoms with Crippen LogP contribution < -0.4 is 10.6 Å². The molecule has 0 amide bonds. The number of nitrogens with one attached hydrogen (secondary N) is 2. The van der Waals surface area contributed by atoms with Gasteiger partial charge in [-0.25, -0.2) is 17.7 Å². The van der Waals surface area contributed by atoms with Crippen molar-refractivity contribution in [2.45, 2.75) is 39.3 Å². The Hall–Kier alpha value is -1.66. The fourth-order valence-corrected chi connectivity index (χ4v) is 4.37. The smallest absolute Gasteiger partial charge is 0.226 e. The lowest BCUT2D eigenvalue weighted by Gasteiger charge is -2.32. The van der Waals surface area contributed by atoms with E-state index >= 15 is 0 Å². The van der Waals surface area contributed by atoms with E-state index in [0.29, 0.717) is 31.5 Å². The van der Waals surface area contributed by atoms with E-state index in [9.17, 15) is 8.42 Å². The molecule has 10 heteroatoms. The zero-order valence-corrected chi connectivity index (χ0v) is 20.7. The minimum atomic E-state index is -3.11. The molecular weight excluding hydrogens is 517 g/mol. The fraction of sp³-hybridized carbons (Fsp3) is 0.500. The molecule has 0 bridgehead atoms. The van der Waals surface area contributed by atoms with Gasteiger partial charge in [0.2, 0.25) is 15.9 Å². The predicted octanol–water partition coefficient (Wildman–Crippen LogP) is 2.75. The number of hydrogen-bond donors (Lipinski definition) is 2. The van der Waals surface area contributed by atoms with E-state index in [2.05, 4.69) is 20.6 Å². The van der Waals surface area contributed by atoms with Crippen molar-refractivity contribution in [3.63, 3.8) is 0 Å². The lowest BCUT2D eigenvalue weighted by atomic mass is 10.1. The molecular formula is C20H30IN5O3S. The summed E-state index contributed by atoms with van der Waals surface area (Å²) in [5, 5.41) is 6.61. The molecule has 1 aromatic carbocycles. The average molecular weight is 547 g/mol. The van der Waals surface area contributed by atoms with Crippen LogP contribution in [-0.4, -0.2) is 55.6 Å². The largest absolute Gasteiger partial charge is 0.444 e. The van der Waals surface area contributed by atoms with Gasteiger partial charge in [-0.15, -0.1) is 24.0 Å². The summed E-state index contributed by atoms with van der Waals surface area (Å²) in [5.41, 5.74) is 2.92. The maximum absolute atomic E-state index is 12.0. The normalized spacial score (nSPS) is 16.2. The number of aromatic nitrogens is 1. The summed E-state index contributed by atoms with van der Waals surface area (Å²) in [4.78, 5) is 8.78. The third kappa shape index (κ3) is 6.42. The highest BCUT2D eigenvalue weighted by molar-refractivity contribution is 14.0. The molecule has 3 rings (SSSR count). The van der Waals surface area contributed by atoms with Gasteiger partial charge in [0, 0.05) is 31.7 Å². The molecule has 1 aliphatic heterocycles. The van der Waals surface area contributed by atoms with Gasteiger partial charge in [0.25, 0.3) is 0 Å². The Kier molecular flexibility index (Phi) is 9.10. The van der Waals surface area contributed by atoms with Crippen LogP contribution in [-0.2, 0) is 16.6 Å². The Morgan fingerprint density at radius 2 is 1.93 bits per heavy atom. The van der Waals surface area contributed by atoms with Crippen LogP contribution in [0.3, 0.4) is 0 Å². The van der Waals surface area contributed by atoms with Crippen LogP contribution in [0.1, 0.15) is 31.0 Å². The van der Waals surface area contributed by atoms with Crippen molar-refractivity contribution in [1.82, 2.24) is 19.9 Å². The van der Waals surface area contributed by atoms with Crippen LogP contribution >= 0.6 is 24.0 Å². The molecule has 0 unspecified atom stereocenters. The van der Waals surface area contributed by atoms with Gasteiger partial charge in [0.1, 0.15) is 6.26 Å². The second kappa shape index (κ2) is 11.1. The number of oxazole rings is 1. The third-order valence-corrected chi connectivity index (χ3v) is 6.95. The van der Waals surface area contributed by atoms with Crippen LogP contribution in [0.25, 0.3) is 11.5 Å². The number of halogens is 1. The van der Waals surface area contributed by atoms with Gasteiger partial charge < -0.3 is 15.1 Å². The molecule has 0 saturated carbocycles. The number of guanidine groups is 1. The van der Waals surface area contributed by atoms with Crippen molar-refractivity contribution in [2.24, 2.45) is 4.99 Å². The van der Waals surface area contributed by atoms with Crippen LogP contribution in [0.15, 0.2) is 39.9 Å². The van der Waals surface area contributed by atoms with E-state index in [4.69, 9.17) is 4.42 Å². The minimum Gasteiger partial charge on any atom is -0.444 e. The molecule has 0 radical (unpaired) electrons. The standard InChI is InChI=1S/C20H29N5O3S.HI/c1-4-29(26,27)25-11-9-17(10-12-25)24-20(21-3)22-13-18-14-28-19(23-18)16-7-5-15(2)6-8-16;/h5-8,14,17H,4,9-13H2,1-3H3,(H2,21,22,24);1H. The summed E-state index contributed by atoms with van der Waals surface area (Å²) in [5.74, 6) is 1.41. The second-order valence-electron chi connectivity index (χ2n) is 7.15. The third-order valence-electron chi connectivity index (χ3n) is 5.06. The van der Waals surface area contributed by atoms with Gasteiger partial charge in [-0.1, -0.05) is 17.7 Å². The number of sulfonamides is 1. The number of aryl methyl sites for hydroxylation is 1. The molecule has 0 aliphatic carbocycles. The number of benzene rings is 1. The van der Waals surface area contributed by atoms with Gasteiger partial charge in [0.15, 0.2) is 5.96 Å². The lowest BCUT2D eigenvalue weighted by molar-refractivity contribution is 0.306. The number of aliphatic imine (C=N–C) groups is 1. The summed E-state index contributed by atoms with van der Waals surface area (Å²) < 4.78 is 31.1. The molecule has 2 N–H and O–H groups in total. The molecule has 1 fully saturated rings. The SMILES string of the molecule is CCS(=O)(=O)N1CCC(NC(=NC)NCc2coc(-c3ccc(C)cc3)n2)CC1.I. The topological polar surface area (TPSA) is 99.8 Å². The second-order valence-corrected chi connectivity index (χ2v) is 9.41. The van der Waals surface area contributed by atoms with Gasteiger partial charge in [-0.2, -0.15) is 0 Å². The summed E-state index contributed by atoms with van der Waals surface area (Å²) in [6.45, 7) is 5.28. The first-order chi connectivity index (χ1) is 13.9. The lowest BCUT2D eigenvalue weighted by Crippen LogP contribution is -2.49. The van der Waals surface area contributed by atoms with E-state index in [1.54, 1.807) is 24.5 Å². The summed E-state index contributed by atoms with van der Waals surface area (Å²) in [6, 6.07) is 8.22. The minimum absolute atomic E-state index is 0. The Morgan fingerprint density at radius 3 is 2.53 bits per heavy atom. The van der Waals surface area contributed by atoms with Crippen molar-refractivity contribution in [3.05, 3.63) is 41.8 Å². The van der Waals surface area contributed by atoms with E-state index in [1.165, 1.54) is 5.56 Å². The Morgan fingerprint density at radius 1 is 1.27 bits per heavy atom. The number of hydrogen-bond acceptors (Lipinski definition) is 5. The average Bonchev–Trinajstić information content (AvgIpc) is 3.21. The molecule has 0 atom stereocenters. The van der Waals surface area contributed by atoms with Crippen molar-refractivity contribution in [3.8, 4) is 11.5 Å². The quantitative estimate of drug-likeness (QED) is 0.328. The van der Waals surface area contributed by atoms with Crippen LogP contribution in [0, 0.1) is 6.92 Å². The Labute approximate surface area is 195 Å². The van der Waals surface area contributed by atoms with E-state index < -0.39 is 10.0 Å². The van der Waals surface area contributed by atoms with Gasteiger partial charge in [-0.3, -0.25) is 4.99 Å². The zero-order valence-electron chi connectivity index (χ0n) is 17.6. The van der Waals surface area contributed by atoms with Gasteiger partial charge >= 0.3 is 0 Å². The maximum Gasteiger partial charge on any atom is 0.226 e. The number of rotatable bonds is 6. The van der Waals surface area contributed by atoms with E-state index in [0.717, 1.165) is 24.1 Å². The first-order valence-corrected chi connectivity index (χ1v) is 11.5. The van der Waals surface area contributed by atoms with E-state index in [1.807, 2.05) is 31.2 Å². The summed E-state index contributed by atoms with van der Waals surface area (Å²) >= 11 is 0. The molecule has 1 saturated heterocycles. The molecule has 1 aromatic heterocycles. The summed E-state index contributed by atoms with van der Waals surface area (Å²) in [6.07, 6.45) is 3.15. The Bertz CT molecular complexity index is 936. The Balaban J connectivity index is 0.00000320. The highest BCUT2D eigenvalue weighted by atomic mass is 127.